The van der Waals surface area contributed by atoms with Gasteiger partial charge in [0.2, 0.25) is 0 Å². The van der Waals surface area contributed by atoms with Crippen LogP contribution in [0.3, 0.4) is 0 Å². The lowest BCUT2D eigenvalue weighted by molar-refractivity contribution is -0.176. The molecular formula is C13H16O4. The van der Waals surface area contributed by atoms with Crippen molar-refractivity contribution in [2.75, 3.05) is 13.7 Å². The Morgan fingerprint density at radius 2 is 2.12 bits per heavy atom. The molecule has 1 N–H and O–H groups in total. The number of benzene rings is 1. The summed E-state index contributed by atoms with van der Waals surface area (Å²) in [5, 5.41) is 9.63. The maximum atomic E-state index is 9.63. The second-order valence-corrected chi connectivity index (χ2v) is 3.81. The first-order chi connectivity index (χ1) is 8.29. The Morgan fingerprint density at radius 3 is 2.76 bits per heavy atom. The van der Waals surface area contributed by atoms with Crippen molar-refractivity contribution in [3.05, 3.63) is 47.7 Å². The lowest BCUT2D eigenvalue weighted by Crippen LogP contribution is -2.34. The smallest absolute Gasteiger partial charge is 0.187 e. The first-order valence-corrected chi connectivity index (χ1v) is 5.49. The van der Waals surface area contributed by atoms with Gasteiger partial charge in [0.1, 0.15) is 25.1 Å². The minimum atomic E-state index is -0.778. The van der Waals surface area contributed by atoms with Gasteiger partial charge in [-0.3, -0.25) is 0 Å². The van der Waals surface area contributed by atoms with E-state index in [-0.39, 0.29) is 0 Å². The van der Waals surface area contributed by atoms with E-state index >= 15 is 0 Å². The van der Waals surface area contributed by atoms with Crippen LogP contribution in [0.15, 0.2) is 42.2 Å². The van der Waals surface area contributed by atoms with Crippen LogP contribution in [0.4, 0.5) is 0 Å². The lowest BCUT2D eigenvalue weighted by Gasteiger charge is -2.25. The van der Waals surface area contributed by atoms with Crippen molar-refractivity contribution in [1.82, 2.24) is 0 Å². The molecule has 17 heavy (non-hydrogen) atoms. The minimum absolute atomic E-state index is 0.322. The van der Waals surface area contributed by atoms with Gasteiger partial charge in [-0.15, -0.1) is 0 Å². The van der Waals surface area contributed by atoms with Crippen LogP contribution in [0.1, 0.15) is 5.56 Å². The van der Waals surface area contributed by atoms with Crippen molar-refractivity contribution >= 4 is 0 Å². The van der Waals surface area contributed by atoms with E-state index in [0.29, 0.717) is 19.0 Å². The van der Waals surface area contributed by atoms with Crippen molar-refractivity contribution in [3.63, 3.8) is 0 Å². The molecule has 0 bridgehead atoms. The van der Waals surface area contributed by atoms with Crippen LogP contribution in [0, 0.1) is 0 Å². The molecule has 2 rings (SSSR count). The highest BCUT2D eigenvalue weighted by molar-refractivity contribution is 5.14. The quantitative estimate of drug-likeness (QED) is 0.859. The standard InChI is InChI=1S/C13H16O4/c1-15-13-12(14)7-11(9-17-13)16-8-10-5-3-2-4-6-10/h2-7,12-14H,8-9H2,1H3/t12-,13+/m0/s1. The van der Waals surface area contributed by atoms with Gasteiger partial charge in [-0.1, -0.05) is 30.3 Å². The van der Waals surface area contributed by atoms with Crippen molar-refractivity contribution < 1.29 is 19.3 Å². The molecule has 92 valence electrons. The molecule has 0 spiro atoms. The van der Waals surface area contributed by atoms with Gasteiger partial charge in [0.15, 0.2) is 6.29 Å². The van der Waals surface area contributed by atoms with Gasteiger partial charge < -0.3 is 19.3 Å². The molecule has 4 nitrogen and oxygen atoms in total. The Bertz CT molecular complexity index is 374. The Morgan fingerprint density at radius 1 is 1.35 bits per heavy atom. The summed E-state index contributed by atoms with van der Waals surface area (Å²) in [6.07, 6.45) is 0.249. The number of aliphatic hydroxyl groups excluding tert-OH is 1. The summed E-state index contributed by atoms with van der Waals surface area (Å²) in [6.45, 7) is 0.794. The molecule has 1 aliphatic rings. The van der Waals surface area contributed by atoms with Crippen LogP contribution in [-0.4, -0.2) is 31.2 Å². The van der Waals surface area contributed by atoms with Crippen molar-refractivity contribution in [2.24, 2.45) is 0 Å². The number of rotatable bonds is 4. The molecule has 0 unspecified atom stereocenters. The van der Waals surface area contributed by atoms with Crippen LogP contribution in [-0.2, 0) is 20.8 Å². The fourth-order valence-electron chi connectivity index (χ4n) is 1.63. The van der Waals surface area contributed by atoms with Crippen LogP contribution < -0.4 is 0 Å². The number of hydrogen-bond donors (Lipinski definition) is 1. The molecular weight excluding hydrogens is 220 g/mol. The predicted molar refractivity (Wildman–Crippen MR) is 62.1 cm³/mol. The van der Waals surface area contributed by atoms with Crippen LogP contribution >= 0.6 is 0 Å². The second kappa shape index (κ2) is 5.82. The first-order valence-electron chi connectivity index (χ1n) is 5.49. The maximum absolute atomic E-state index is 9.63. The maximum Gasteiger partial charge on any atom is 0.187 e. The third-order valence-corrected chi connectivity index (χ3v) is 2.52. The van der Waals surface area contributed by atoms with Gasteiger partial charge in [-0.25, -0.2) is 0 Å². The summed E-state index contributed by atoms with van der Waals surface area (Å²) in [7, 11) is 1.50. The molecule has 1 heterocycles. The fraction of sp³-hybridized carbons (Fsp3) is 0.385. The molecule has 0 saturated heterocycles. The zero-order chi connectivity index (χ0) is 12.1. The fourth-order valence-corrected chi connectivity index (χ4v) is 1.63. The predicted octanol–water partition coefficient (Wildman–Crippen LogP) is 1.45. The zero-order valence-electron chi connectivity index (χ0n) is 9.70. The van der Waals surface area contributed by atoms with E-state index in [1.54, 1.807) is 6.08 Å². The van der Waals surface area contributed by atoms with E-state index in [0.717, 1.165) is 5.56 Å². The number of hydrogen-bond acceptors (Lipinski definition) is 4. The van der Waals surface area contributed by atoms with Gasteiger partial charge in [-0.05, 0) is 11.6 Å². The molecule has 4 heteroatoms. The average molecular weight is 236 g/mol. The highest BCUT2D eigenvalue weighted by atomic mass is 16.7. The van der Waals surface area contributed by atoms with Gasteiger partial charge in [0, 0.05) is 7.11 Å². The topological polar surface area (TPSA) is 47.9 Å². The largest absolute Gasteiger partial charge is 0.491 e. The minimum Gasteiger partial charge on any atom is -0.491 e. The highest BCUT2D eigenvalue weighted by Crippen LogP contribution is 2.16. The van der Waals surface area contributed by atoms with E-state index in [2.05, 4.69) is 0 Å². The lowest BCUT2D eigenvalue weighted by atomic mass is 10.2. The van der Waals surface area contributed by atoms with E-state index < -0.39 is 12.4 Å². The summed E-state index contributed by atoms with van der Waals surface area (Å²) in [5.41, 5.74) is 1.08. The van der Waals surface area contributed by atoms with Gasteiger partial charge in [0.25, 0.3) is 0 Å². The Kier molecular flexibility index (Phi) is 4.14. The molecule has 0 saturated carbocycles. The average Bonchev–Trinajstić information content (AvgIpc) is 2.38. The summed E-state index contributed by atoms with van der Waals surface area (Å²) < 4.78 is 15.8. The van der Waals surface area contributed by atoms with E-state index in [1.807, 2.05) is 30.3 Å². The molecule has 0 aromatic heterocycles. The molecule has 2 atom stereocenters. The zero-order valence-corrected chi connectivity index (χ0v) is 9.70. The molecule has 1 aromatic carbocycles. The number of aliphatic hydroxyl groups is 1. The Balaban J connectivity index is 1.88. The summed E-state index contributed by atoms with van der Waals surface area (Å²) >= 11 is 0. The normalized spacial score (nSPS) is 24.2. The third-order valence-electron chi connectivity index (χ3n) is 2.52. The molecule has 0 amide bonds. The molecule has 1 aromatic rings. The van der Waals surface area contributed by atoms with E-state index in [1.165, 1.54) is 7.11 Å². The van der Waals surface area contributed by atoms with E-state index in [9.17, 15) is 5.11 Å². The van der Waals surface area contributed by atoms with Crippen molar-refractivity contribution in [2.45, 2.75) is 19.0 Å². The summed E-state index contributed by atoms with van der Waals surface area (Å²) in [6, 6.07) is 9.84. The van der Waals surface area contributed by atoms with Gasteiger partial charge in [0.05, 0.1) is 0 Å². The highest BCUT2D eigenvalue weighted by Gasteiger charge is 2.23. The third kappa shape index (κ3) is 3.30. The SMILES string of the molecule is CO[C@@H]1OCC(OCc2ccccc2)=C[C@@H]1O. The van der Waals surface area contributed by atoms with E-state index in [4.69, 9.17) is 14.2 Å². The molecule has 0 aliphatic carbocycles. The van der Waals surface area contributed by atoms with Gasteiger partial charge in [-0.2, -0.15) is 0 Å². The Labute approximate surface area is 100 Å². The summed E-state index contributed by atoms with van der Waals surface area (Å²) in [4.78, 5) is 0. The number of methoxy groups -OCH3 is 1. The molecule has 0 radical (unpaired) electrons. The van der Waals surface area contributed by atoms with Crippen molar-refractivity contribution in [3.8, 4) is 0 Å². The summed E-state index contributed by atoms with van der Waals surface area (Å²) in [5.74, 6) is 0.634. The Hall–Kier alpha value is -1.36. The van der Waals surface area contributed by atoms with Crippen LogP contribution in [0.25, 0.3) is 0 Å². The van der Waals surface area contributed by atoms with Crippen LogP contribution in [0.5, 0.6) is 0 Å². The number of ether oxygens (including phenoxy) is 3. The molecule has 0 fully saturated rings. The first kappa shape index (κ1) is 12.1. The monoisotopic (exact) mass is 236 g/mol. The second-order valence-electron chi connectivity index (χ2n) is 3.81. The molecule has 1 aliphatic heterocycles. The van der Waals surface area contributed by atoms with Crippen LogP contribution in [0.2, 0.25) is 0 Å². The van der Waals surface area contributed by atoms with Crippen molar-refractivity contribution in [1.29, 1.82) is 0 Å². The van der Waals surface area contributed by atoms with Gasteiger partial charge >= 0.3 is 0 Å².